The summed E-state index contributed by atoms with van der Waals surface area (Å²) in [5.74, 6) is 0.565. The fourth-order valence-electron chi connectivity index (χ4n) is 5.38. The Morgan fingerprint density at radius 2 is 2.04 bits per heavy atom. The molecule has 1 aromatic carbocycles. The van der Waals surface area contributed by atoms with Gasteiger partial charge in [-0.3, -0.25) is 0 Å². The highest BCUT2D eigenvalue weighted by Crippen LogP contribution is 2.44. The lowest BCUT2D eigenvalue weighted by molar-refractivity contribution is 0.133. The van der Waals surface area contributed by atoms with E-state index in [1.165, 1.54) is 22.0 Å². The quantitative estimate of drug-likeness (QED) is 0.782. The minimum absolute atomic E-state index is 0.406. The van der Waals surface area contributed by atoms with Crippen molar-refractivity contribution in [2.24, 2.45) is 0 Å². The van der Waals surface area contributed by atoms with E-state index in [1.54, 1.807) is 0 Å². The first kappa shape index (κ1) is 19.7. The van der Waals surface area contributed by atoms with Crippen molar-refractivity contribution < 1.29 is 0 Å². The molecule has 4 rings (SSSR count). The normalized spacial score (nSPS) is 24.4. The highest BCUT2D eigenvalue weighted by Gasteiger charge is 2.40. The predicted octanol–water partition coefficient (Wildman–Crippen LogP) is 4.15. The Bertz CT molecular complexity index is 867. The second-order valence-corrected chi connectivity index (χ2v) is 9.16. The third kappa shape index (κ3) is 3.22. The Morgan fingerprint density at radius 3 is 2.71 bits per heavy atom. The maximum atomic E-state index is 5.69. The Morgan fingerprint density at radius 1 is 1.29 bits per heavy atom. The van der Waals surface area contributed by atoms with Crippen LogP contribution in [0, 0.1) is 0 Å². The maximum Gasteiger partial charge on any atom is 0.169 e. The molecular weight excluding hydrogens is 364 g/mol. The first-order chi connectivity index (χ1) is 13.4. The van der Waals surface area contributed by atoms with Gasteiger partial charge in [-0.1, -0.05) is 12.1 Å². The van der Waals surface area contributed by atoms with Gasteiger partial charge >= 0.3 is 0 Å². The van der Waals surface area contributed by atoms with E-state index in [0.29, 0.717) is 24.0 Å². The second kappa shape index (κ2) is 7.68. The summed E-state index contributed by atoms with van der Waals surface area (Å²) in [6.07, 6.45) is 4.71. The van der Waals surface area contributed by atoms with Crippen molar-refractivity contribution in [1.29, 1.82) is 0 Å². The van der Waals surface area contributed by atoms with Gasteiger partial charge in [-0.15, -0.1) is 0 Å². The van der Waals surface area contributed by atoms with Crippen molar-refractivity contribution in [3.8, 4) is 0 Å². The van der Waals surface area contributed by atoms with Crippen LogP contribution in [0.25, 0.3) is 10.9 Å². The van der Waals surface area contributed by atoms with Crippen LogP contribution in [0.2, 0.25) is 0 Å². The average Bonchev–Trinajstić information content (AvgIpc) is 3.04. The monoisotopic (exact) mass is 398 g/mol. The summed E-state index contributed by atoms with van der Waals surface area (Å²) in [6, 6.07) is 8.39. The number of hydrogen-bond acceptors (Lipinski definition) is 2. The SMILES string of the molecule is CCN(CC)C(=S)N[C@H]1CC2c3cccc4c3c(cn4C(C)C)C[C@H]2N(C)C1. The summed E-state index contributed by atoms with van der Waals surface area (Å²) in [6.45, 7) is 11.9. The standard InChI is InChI=1S/C23H34N4S/c1-6-26(7-2)23(28)24-17-12-19-18-9-8-10-20-22(18)16(13-27(20)15(3)4)11-21(19)25(5)14-17/h8-10,13,15,17,19,21H,6-7,11-12,14H2,1-5H3,(H,24,28)/t17-,19?,21+/m0/s1. The molecule has 1 aliphatic heterocycles. The van der Waals surface area contributed by atoms with Crippen LogP contribution >= 0.6 is 12.2 Å². The van der Waals surface area contributed by atoms with E-state index < -0.39 is 0 Å². The van der Waals surface area contributed by atoms with Crippen molar-refractivity contribution >= 4 is 28.2 Å². The predicted molar refractivity (Wildman–Crippen MR) is 122 cm³/mol. The molecule has 0 spiro atoms. The number of likely N-dealkylation sites (tertiary alicyclic amines) is 1. The molecule has 1 N–H and O–H groups in total. The van der Waals surface area contributed by atoms with Gasteiger partial charge in [0.2, 0.25) is 0 Å². The Labute approximate surface area is 174 Å². The highest BCUT2D eigenvalue weighted by molar-refractivity contribution is 7.80. The number of rotatable bonds is 4. The maximum absolute atomic E-state index is 5.69. The molecule has 28 heavy (non-hydrogen) atoms. The Hall–Kier alpha value is -1.59. The summed E-state index contributed by atoms with van der Waals surface area (Å²) >= 11 is 5.69. The smallest absolute Gasteiger partial charge is 0.169 e. The molecule has 0 radical (unpaired) electrons. The Balaban J connectivity index is 1.65. The van der Waals surface area contributed by atoms with E-state index in [1.807, 2.05) is 0 Å². The van der Waals surface area contributed by atoms with Crippen LogP contribution in [-0.2, 0) is 6.42 Å². The molecule has 2 heterocycles. The first-order valence-electron chi connectivity index (χ1n) is 10.8. The van der Waals surface area contributed by atoms with Crippen molar-refractivity contribution in [2.75, 3.05) is 26.7 Å². The molecule has 4 nitrogen and oxygen atoms in total. The lowest BCUT2D eigenvalue weighted by Gasteiger charge is -2.46. The minimum Gasteiger partial charge on any atom is -0.359 e. The number of benzene rings is 1. The fraction of sp³-hybridized carbons (Fsp3) is 0.609. The lowest BCUT2D eigenvalue weighted by atomic mass is 9.74. The molecule has 1 saturated heterocycles. The summed E-state index contributed by atoms with van der Waals surface area (Å²) < 4.78 is 2.46. The van der Waals surface area contributed by atoms with Gasteiger partial charge < -0.3 is 19.7 Å². The molecule has 3 atom stereocenters. The molecule has 1 aromatic heterocycles. The van der Waals surface area contributed by atoms with E-state index in [-0.39, 0.29) is 0 Å². The van der Waals surface area contributed by atoms with Gasteiger partial charge in [-0.25, -0.2) is 0 Å². The van der Waals surface area contributed by atoms with Gasteiger partial charge in [0, 0.05) is 60.8 Å². The third-order valence-electron chi connectivity index (χ3n) is 6.81. The van der Waals surface area contributed by atoms with Gasteiger partial charge in [0.25, 0.3) is 0 Å². The second-order valence-electron chi connectivity index (χ2n) is 8.77. The van der Waals surface area contributed by atoms with Crippen LogP contribution in [0.15, 0.2) is 24.4 Å². The van der Waals surface area contributed by atoms with E-state index >= 15 is 0 Å². The van der Waals surface area contributed by atoms with E-state index in [4.69, 9.17) is 12.2 Å². The number of hydrogen-bond donors (Lipinski definition) is 1. The molecule has 5 heteroatoms. The largest absolute Gasteiger partial charge is 0.359 e. The number of nitrogens with one attached hydrogen (secondary N) is 1. The number of thiocarbonyl (C=S) groups is 1. The molecule has 1 aliphatic carbocycles. The topological polar surface area (TPSA) is 23.4 Å². The number of nitrogens with zero attached hydrogens (tertiary/aromatic N) is 3. The highest BCUT2D eigenvalue weighted by atomic mass is 32.1. The number of aromatic nitrogens is 1. The summed E-state index contributed by atoms with van der Waals surface area (Å²) in [4.78, 5) is 4.80. The van der Waals surface area contributed by atoms with Crippen LogP contribution in [0.1, 0.15) is 57.2 Å². The first-order valence-corrected chi connectivity index (χ1v) is 11.2. The number of likely N-dealkylation sites (N-methyl/N-ethyl adjacent to an activating group) is 1. The minimum atomic E-state index is 0.406. The van der Waals surface area contributed by atoms with E-state index in [0.717, 1.165) is 37.6 Å². The van der Waals surface area contributed by atoms with Crippen LogP contribution < -0.4 is 5.32 Å². The van der Waals surface area contributed by atoms with E-state index in [9.17, 15) is 0 Å². The molecule has 2 aromatic rings. The summed E-state index contributed by atoms with van der Waals surface area (Å²) in [7, 11) is 2.29. The number of fused-ring (bicyclic) bond motifs is 2. The average molecular weight is 399 g/mol. The third-order valence-corrected chi connectivity index (χ3v) is 7.19. The lowest BCUT2D eigenvalue weighted by Crippen LogP contribution is -2.56. The van der Waals surface area contributed by atoms with Gasteiger partial charge in [0.15, 0.2) is 5.11 Å². The molecule has 1 unspecified atom stereocenters. The van der Waals surface area contributed by atoms with Crippen LogP contribution in [0.4, 0.5) is 0 Å². The molecule has 152 valence electrons. The molecule has 0 amide bonds. The van der Waals surface area contributed by atoms with Crippen LogP contribution in [0.5, 0.6) is 0 Å². The zero-order chi connectivity index (χ0) is 20.0. The molecule has 0 saturated carbocycles. The van der Waals surface area contributed by atoms with Crippen molar-refractivity contribution in [1.82, 2.24) is 19.7 Å². The summed E-state index contributed by atoms with van der Waals surface area (Å²) in [5, 5.41) is 6.09. The Kier molecular flexibility index (Phi) is 5.41. The van der Waals surface area contributed by atoms with E-state index in [2.05, 4.69) is 78.8 Å². The zero-order valence-electron chi connectivity index (χ0n) is 17.9. The van der Waals surface area contributed by atoms with Crippen molar-refractivity contribution in [3.05, 3.63) is 35.5 Å². The molecular formula is C23H34N4S. The fourth-order valence-corrected chi connectivity index (χ4v) is 5.81. The van der Waals surface area contributed by atoms with Gasteiger partial charge in [0.05, 0.1) is 0 Å². The number of piperidine rings is 1. The van der Waals surface area contributed by atoms with Crippen LogP contribution in [-0.4, -0.2) is 58.2 Å². The van der Waals surface area contributed by atoms with Crippen molar-refractivity contribution in [2.45, 2.75) is 64.6 Å². The van der Waals surface area contributed by atoms with Crippen molar-refractivity contribution in [3.63, 3.8) is 0 Å². The van der Waals surface area contributed by atoms with Gasteiger partial charge in [-0.05, 0) is 77.0 Å². The van der Waals surface area contributed by atoms with Gasteiger partial charge in [0.1, 0.15) is 0 Å². The zero-order valence-corrected chi connectivity index (χ0v) is 18.7. The molecule has 0 bridgehead atoms. The summed E-state index contributed by atoms with van der Waals surface area (Å²) in [5.41, 5.74) is 4.46. The van der Waals surface area contributed by atoms with Gasteiger partial charge in [-0.2, -0.15) is 0 Å². The molecule has 2 aliphatic rings. The molecule has 1 fully saturated rings. The van der Waals surface area contributed by atoms with Crippen LogP contribution in [0.3, 0.4) is 0 Å².